The highest BCUT2D eigenvalue weighted by atomic mass is 32.2. The van der Waals surface area contributed by atoms with Crippen LogP contribution >= 0.6 is 23.1 Å². The Balaban J connectivity index is 1.55. The first-order valence-electron chi connectivity index (χ1n) is 8.19. The second-order valence-electron chi connectivity index (χ2n) is 5.89. The van der Waals surface area contributed by atoms with E-state index in [1.165, 1.54) is 22.2 Å². The number of urea groups is 1. The van der Waals surface area contributed by atoms with Gasteiger partial charge in [0.05, 0.1) is 5.75 Å². The number of carbonyl (C=O) groups excluding carboxylic acids is 2. The Morgan fingerprint density at radius 2 is 1.93 bits per heavy atom. The van der Waals surface area contributed by atoms with E-state index in [0.29, 0.717) is 12.2 Å². The van der Waals surface area contributed by atoms with Crippen LogP contribution < -0.4 is 16.4 Å². The van der Waals surface area contributed by atoms with Crippen molar-refractivity contribution in [2.24, 2.45) is 5.73 Å². The predicted octanol–water partition coefficient (Wildman–Crippen LogP) is 3.21. The molecule has 0 spiro atoms. The number of thiophene rings is 1. The number of hydrogen-bond donors (Lipinski definition) is 3. The predicted molar refractivity (Wildman–Crippen MR) is 109 cm³/mol. The lowest BCUT2D eigenvalue weighted by Crippen LogP contribution is -2.24. The number of benzene rings is 1. The van der Waals surface area contributed by atoms with E-state index in [-0.39, 0.29) is 11.7 Å². The van der Waals surface area contributed by atoms with Crippen LogP contribution in [0.5, 0.6) is 0 Å². The Labute approximate surface area is 164 Å². The second-order valence-corrected chi connectivity index (χ2v) is 8.06. The standard InChI is InChI=1S/C18H19N5O2S2/c1-10-11(2)27-17-15(10)16(21-9-22-17)26-8-14(24)20-7-12-3-5-13(6-4-12)23-18(19)25/h3-6,9H,7-8H2,1-2H3,(H,20,24)(H3,19,23,25). The summed E-state index contributed by atoms with van der Waals surface area (Å²) in [5.74, 6) is 0.206. The van der Waals surface area contributed by atoms with Crippen LogP contribution in [0.1, 0.15) is 16.0 Å². The molecule has 3 rings (SSSR count). The van der Waals surface area contributed by atoms with E-state index in [1.807, 2.05) is 12.1 Å². The first-order valence-corrected chi connectivity index (χ1v) is 10.00. The molecule has 0 atom stereocenters. The molecule has 0 bridgehead atoms. The Kier molecular flexibility index (Phi) is 5.92. The fourth-order valence-corrected chi connectivity index (χ4v) is 4.44. The summed E-state index contributed by atoms with van der Waals surface area (Å²) in [7, 11) is 0. The number of nitrogens with zero attached hydrogens (tertiary/aromatic N) is 2. The topological polar surface area (TPSA) is 110 Å². The third-order valence-corrected chi connectivity index (χ3v) is 6.09. The Bertz CT molecular complexity index is 985. The molecule has 2 heterocycles. The molecule has 2 aromatic heterocycles. The first kappa shape index (κ1) is 19.1. The van der Waals surface area contributed by atoms with Gasteiger partial charge in [-0.25, -0.2) is 14.8 Å². The van der Waals surface area contributed by atoms with Gasteiger partial charge in [0.2, 0.25) is 5.91 Å². The Morgan fingerprint density at radius 1 is 1.19 bits per heavy atom. The first-order chi connectivity index (χ1) is 12.9. The highest BCUT2D eigenvalue weighted by molar-refractivity contribution is 8.00. The molecule has 140 valence electrons. The van der Waals surface area contributed by atoms with Crippen molar-refractivity contribution in [3.8, 4) is 0 Å². The van der Waals surface area contributed by atoms with E-state index < -0.39 is 6.03 Å². The molecule has 7 nitrogen and oxygen atoms in total. The van der Waals surface area contributed by atoms with Gasteiger partial charge in [-0.15, -0.1) is 11.3 Å². The van der Waals surface area contributed by atoms with Gasteiger partial charge in [-0.05, 0) is 37.1 Å². The van der Waals surface area contributed by atoms with Crippen LogP contribution in [0.2, 0.25) is 0 Å². The summed E-state index contributed by atoms with van der Waals surface area (Å²) in [6.07, 6.45) is 1.54. The van der Waals surface area contributed by atoms with E-state index in [4.69, 9.17) is 5.73 Å². The molecule has 0 fully saturated rings. The summed E-state index contributed by atoms with van der Waals surface area (Å²) >= 11 is 3.05. The summed E-state index contributed by atoms with van der Waals surface area (Å²) in [5.41, 5.74) is 7.78. The van der Waals surface area contributed by atoms with Gasteiger partial charge in [0.15, 0.2) is 0 Å². The van der Waals surface area contributed by atoms with E-state index in [0.717, 1.165) is 20.8 Å². The number of carbonyl (C=O) groups is 2. The molecule has 1 aromatic carbocycles. The number of hydrogen-bond acceptors (Lipinski definition) is 6. The highest BCUT2D eigenvalue weighted by Crippen LogP contribution is 2.34. The van der Waals surface area contributed by atoms with Crippen molar-refractivity contribution in [2.45, 2.75) is 25.4 Å². The van der Waals surface area contributed by atoms with Crippen molar-refractivity contribution < 1.29 is 9.59 Å². The van der Waals surface area contributed by atoms with Crippen LogP contribution in [0.25, 0.3) is 10.2 Å². The summed E-state index contributed by atoms with van der Waals surface area (Å²) in [6, 6.07) is 6.51. The highest BCUT2D eigenvalue weighted by Gasteiger charge is 2.13. The summed E-state index contributed by atoms with van der Waals surface area (Å²) < 4.78 is 0. The van der Waals surface area contributed by atoms with Gasteiger partial charge in [-0.3, -0.25) is 4.79 Å². The number of aromatic nitrogens is 2. The van der Waals surface area contributed by atoms with Crippen LogP contribution in [-0.2, 0) is 11.3 Å². The molecular formula is C18H19N5O2S2. The number of nitrogens with two attached hydrogens (primary N) is 1. The molecular weight excluding hydrogens is 382 g/mol. The minimum atomic E-state index is -0.608. The number of aryl methyl sites for hydroxylation is 2. The van der Waals surface area contributed by atoms with Crippen LogP contribution in [0.4, 0.5) is 10.5 Å². The number of amides is 3. The quantitative estimate of drug-likeness (QED) is 0.434. The van der Waals surface area contributed by atoms with Crippen LogP contribution in [-0.4, -0.2) is 27.7 Å². The fourth-order valence-electron chi connectivity index (χ4n) is 2.49. The van der Waals surface area contributed by atoms with E-state index in [2.05, 4.69) is 34.4 Å². The third kappa shape index (κ3) is 4.75. The molecule has 27 heavy (non-hydrogen) atoms. The maximum Gasteiger partial charge on any atom is 0.316 e. The number of anilines is 1. The fraction of sp³-hybridized carbons (Fsp3) is 0.222. The summed E-state index contributed by atoms with van der Waals surface area (Å²) in [4.78, 5) is 33.8. The zero-order valence-corrected chi connectivity index (χ0v) is 16.5. The smallest absolute Gasteiger partial charge is 0.316 e. The number of thioether (sulfide) groups is 1. The van der Waals surface area contributed by atoms with Gasteiger partial charge in [-0.1, -0.05) is 23.9 Å². The lowest BCUT2D eigenvalue weighted by Gasteiger charge is -2.07. The number of fused-ring (bicyclic) bond motifs is 1. The van der Waals surface area contributed by atoms with Crippen LogP contribution in [0, 0.1) is 13.8 Å². The molecule has 9 heteroatoms. The van der Waals surface area contributed by atoms with Crippen molar-refractivity contribution in [3.05, 3.63) is 46.6 Å². The molecule has 0 saturated heterocycles. The number of rotatable bonds is 6. The largest absolute Gasteiger partial charge is 0.351 e. The molecule has 0 unspecified atom stereocenters. The Morgan fingerprint density at radius 3 is 2.63 bits per heavy atom. The molecule has 0 radical (unpaired) electrons. The van der Waals surface area contributed by atoms with Gasteiger partial charge in [0.25, 0.3) is 0 Å². The molecule has 4 N–H and O–H groups in total. The molecule has 0 aliphatic carbocycles. The summed E-state index contributed by atoms with van der Waals surface area (Å²) in [6.45, 7) is 4.53. The molecule has 0 aliphatic rings. The Hall–Kier alpha value is -2.65. The molecule has 0 aliphatic heterocycles. The minimum Gasteiger partial charge on any atom is -0.351 e. The zero-order chi connectivity index (χ0) is 19.4. The van der Waals surface area contributed by atoms with E-state index >= 15 is 0 Å². The lowest BCUT2D eigenvalue weighted by atomic mass is 10.2. The van der Waals surface area contributed by atoms with Crippen LogP contribution in [0.15, 0.2) is 35.6 Å². The number of nitrogens with one attached hydrogen (secondary N) is 2. The maximum atomic E-state index is 12.2. The van der Waals surface area contributed by atoms with Crippen LogP contribution in [0.3, 0.4) is 0 Å². The van der Waals surface area contributed by atoms with Crippen molar-refractivity contribution in [1.82, 2.24) is 15.3 Å². The SMILES string of the molecule is Cc1sc2ncnc(SCC(=O)NCc3ccc(NC(N)=O)cc3)c2c1C. The molecule has 3 amide bonds. The van der Waals surface area contributed by atoms with Crippen molar-refractivity contribution in [2.75, 3.05) is 11.1 Å². The zero-order valence-electron chi connectivity index (χ0n) is 14.9. The molecule has 3 aromatic rings. The van der Waals surface area contributed by atoms with Crippen molar-refractivity contribution in [3.63, 3.8) is 0 Å². The van der Waals surface area contributed by atoms with Gasteiger partial charge >= 0.3 is 6.03 Å². The van der Waals surface area contributed by atoms with Gasteiger partial charge in [0, 0.05) is 22.5 Å². The lowest BCUT2D eigenvalue weighted by molar-refractivity contribution is -0.118. The second kappa shape index (κ2) is 8.36. The normalized spacial score (nSPS) is 10.7. The average molecular weight is 402 g/mol. The summed E-state index contributed by atoms with van der Waals surface area (Å²) in [5, 5.41) is 7.25. The van der Waals surface area contributed by atoms with Gasteiger partial charge in [0.1, 0.15) is 16.2 Å². The van der Waals surface area contributed by atoms with E-state index in [9.17, 15) is 9.59 Å². The molecule has 0 saturated carbocycles. The minimum absolute atomic E-state index is 0.0734. The number of primary amides is 1. The van der Waals surface area contributed by atoms with Gasteiger partial charge in [-0.2, -0.15) is 0 Å². The maximum absolute atomic E-state index is 12.2. The third-order valence-electron chi connectivity index (χ3n) is 3.98. The van der Waals surface area contributed by atoms with E-state index in [1.54, 1.807) is 29.8 Å². The van der Waals surface area contributed by atoms with Crippen molar-refractivity contribution in [1.29, 1.82) is 0 Å². The monoisotopic (exact) mass is 401 g/mol. The average Bonchev–Trinajstić information content (AvgIpc) is 2.93. The van der Waals surface area contributed by atoms with Crippen molar-refractivity contribution >= 4 is 50.9 Å². The van der Waals surface area contributed by atoms with Gasteiger partial charge < -0.3 is 16.4 Å².